The van der Waals surface area contributed by atoms with Gasteiger partial charge in [-0.25, -0.2) is 15.0 Å². The Morgan fingerprint density at radius 2 is 1.84 bits per heavy atom. The maximum atomic E-state index is 12.8. The van der Waals surface area contributed by atoms with Gasteiger partial charge >= 0.3 is 0 Å². The molecule has 0 unspecified atom stereocenters. The molecule has 9 nitrogen and oxygen atoms in total. The number of carbonyl (C=O) groups is 1. The molecule has 0 atom stereocenters. The largest absolute Gasteiger partial charge is 0.356 e. The lowest BCUT2D eigenvalue weighted by Crippen LogP contribution is -2.49. The van der Waals surface area contributed by atoms with Gasteiger partial charge in [0.15, 0.2) is 5.58 Å². The van der Waals surface area contributed by atoms with Crippen LogP contribution in [0.4, 0.5) is 17.5 Å². The molecule has 1 amide bonds. The summed E-state index contributed by atoms with van der Waals surface area (Å²) in [5.41, 5.74) is 2.51. The average molecular weight is 429 g/mol. The number of nitrogens with one attached hydrogen (secondary N) is 1. The van der Waals surface area contributed by atoms with Crippen LogP contribution in [0.25, 0.3) is 11.0 Å². The Balaban J connectivity index is 1.20. The van der Waals surface area contributed by atoms with Crippen LogP contribution in [0.2, 0.25) is 0 Å². The summed E-state index contributed by atoms with van der Waals surface area (Å²) in [7, 11) is 0. The summed E-state index contributed by atoms with van der Waals surface area (Å²) >= 11 is 0. The van der Waals surface area contributed by atoms with E-state index >= 15 is 0 Å². The van der Waals surface area contributed by atoms with Crippen molar-refractivity contribution >= 4 is 34.3 Å². The van der Waals surface area contributed by atoms with Crippen molar-refractivity contribution in [3.05, 3.63) is 66.2 Å². The van der Waals surface area contributed by atoms with Gasteiger partial charge in [0.2, 0.25) is 5.91 Å². The minimum atomic E-state index is 0.0549. The van der Waals surface area contributed by atoms with E-state index in [2.05, 4.69) is 30.3 Å². The lowest BCUT2D eigenvalue weighted by Gasteiger charge is -2.35. The van der Waals surface area contributed by atoms with E-state index in [9.17, 15) is 4.79 Å². The van der Waals surface area contributed by atoms with Gasteiger partial charge in [-0.2, -0.15) is 0 Å². The number of aromatic nitrogens is 4. The predicted molar refractivity (Wildman–Crippen MR) is 121 cm³/mol. The van der Waals surface area contributed by atoms with Gasteiger partial charge in [0.25, 0.3) is 0 Å². The van der Waals surface area contributed by atoms with E-state index in [1.54, 1.807) is 12.5 Å². The van der Waals surface area contributed by atoms with E-state index in [0.29, 0.717) is 43.3 Å². The molecule has 5 rings (SSSR count). The first-order chi connectivity index (χ1) is 15.7. The smallest absolute Gasteiger partial charge is 0.228 e. The highest BCUT2D eigenvalue weighted by atomic mass is 16.5. The lowest BCUT2D eigenvalue weighted by molar-refractivity contribution is -0.130. The quantitative estimate of drug-likeness (QED) is 0.517. The number of para-hydroxylation sites is 1. The van der Waals surface area contributed by atoms with Crippen molar-refractivity contribution in [3.8, 4) is 0 Å². The van der Waals surface area contributed by atoms with Crippen LogP contribution in [0, 0.1) is 6.92 Å². The summed E-state index contributed by atoms with van der Waals surface area (Å²) in [6, 6.07) is 13.4. The van der Waals surface area contributed by atoms with Gasteiger partial charge < -0.3 is 19.6 Å². The molecule has 3 aromatic heterocycles. The number of hydrogen-bond donors (Lipinski definition) is 1. The molecule has 1 aliphatic heterocycles. The molecule has 0 bridgehead atoms. The molecular weight excluding hydrogens is 406 g/mol. The standard InChI is InChI=1S/C23H23N7O2/c1-16-6-7-24-20(12-16)27-21-14-22(26-15-25-21)29-8-10-30(11-9-29)23(31)13-18-17-4-2-3-5-19(17)32-28-18/h2-7,12,14-15H,8-11,13H2,1H3,(H,24,25,26,27). The van der Waals surface area contributed by atoms with E-state index in [-0.39, 0.29) is 12.3 Å². The minimum absolute atomic E-state index is 0.0549. The number of nitrogens with zero attached hydrogens (tertiary/aromatic N) is 6. The highest BCUT2D eigenvalue weighted by molar-refractivity contribution is 5.86. The first-order valence-electron chi connectivity index (χ1n) is 10.5. The zero-order valence-corrected chi connectivity index (χ0v) is 17.7. The van der Waals surface area contributed by atoms with Crippen LogP contribution in [-0.4, -0.2) is 57.1 Å². The molecule has 0 saturated carbocycles. The van der Waals surface area contributed by atoms with Crippen molar-refractivity contribution in [2.24, 2.45) is 0 Å². The zero-order valence-electron chi connectivity index (χ0n) is 17.7. The monoisotopic (exact) mass is 429 g/mol. The maximum Gasteiger partial charge on any atom is 0.228 e. The fraction of sp³-hybridized carbons (Fsp3) is 0.261. The zero-order chi connectivity index (χ0) is 21.9. The van der Waals surface area contributed by atoms with Crippen LogP contribution in [0.15, 0.2) is 59.5 Å². The molecule has 4 aromatic rings. The number of piperazine rings is 1. The van der Waals surface area contributed by atoms with Crippen molar-refractivity contribution in [3.63, 3.8) is 0 Å². The van der Waals surface area contributed by atoms with Crippen LogP contribution < -0.4 is 10.2 Å². The lowest BCUT2D eigenvalue weighted by atomic mass is 10.1. The van der Waals surface area contributed by atoms with Crippen molar-refractivity contribution in [1.29, 1.82) is 0 Å². The number of aryl methyl sites for hydroxylation is 1. The summed E-state index contributed by atoms with van der Waals surface area (Å²) in [5, 5.41) is 8.19. The number of pyridine rings is 1. The van der Waals surface area contributed by atoms with Gasteiger partial charge in [-0.3, -0.25) is 4.79 Å². The number of hydrogen-bond acceptors (Lipinski definition) is 8. The third-order valence-corrected chi connectivity index (χ3v) is 5.55. The first-order valence-corrected chi connectivity index (χ1v) is 10.5. The number of amides is 1. The van der Waals surface area contributed by atoms with Gasteiger partial charge in [0.1, 0.15) is 29.5 Å². The summed E-state index contributed by atoms with van der Waals surface area (Å²) in [4.78, 5) is 29.9. The first kappa shape index (κ1) is 19.9. The van der Waals surface area contributed by atoms with Crippen LogP contribution in [0.1, 0.15) is 11.3 Å². The minimum Gasteiger partial charge on any atom is -0.356 e. The topological polar surface area (TPSA) is 100 Å². The van der Waals surface area contributed by atoms with Crippen LogP contribution in [-0.2, 0) is 11.2 Å². The summed E-state index contributed by atoms with van der Waals surface area (Å²) < 4.78 is 5.32. The third kappa shape index (κ3) is 4.22. The Kier molecular flexibility index (Phi) is 5.37. The SMILES string of the molecule is Cc1ccnc(Nc2cc(N3CCN(C(=O)Cc4noc5ccccc45)CC3)ncn2)c1. The fourth-order valence-electron chi connectivity index (χ4n) is 3.83. The Morgan fingerprint density at radius 1 is 1.03 bits per heavy atom. The molecule has 9 heteroatoms. The second kappa shape index (κ2) is 8.62. The molecule has 162 valence electrons. The number of rotatable bonds is 5. The second-order valence-corrected chi connectivity index (χ2v) is 7.77. The van der Waals surface area contributed by atoms with Crippen molar-refractivity contribution in [1.82, 2.24) is 25.0 Å². The highest BCUT2D eigenvalue weighted by Crippen LogP contribution is 2.21. The summed E-state index contributed by atoms with van der Waals surface area (Å²) in [6.45, 7) is 4.67. The molecule has 1 N–H and O–H groups in total. The molecular formula is C23H23N7O2. The number of benzene rings is 1. The Labute approximate surface area is 185 Å². The van der Waals surface area contributed by atoms with Crippen LogP contribution in [0.5, 0.6) is 0 Å². The van der Waals surface area contributed by atoms with E-state index < -0.39 is 0 Å². The van der Waals surface area contributed by atoms with E-state index in [4.69, 9.17) is 4.52 Å². The van der Waals surface area contributed by atoms with Gasteiger partial charge in [-0.15, -0.1) is 0 Å². The van der Waals surface area contributed by atoms with E-state index in [0.717, 1.165) is 22.6 Å². The second-order valence-electron chi connectivity index (χ2n) is 7.77. The van der Waals surface area contributed by atoms with E-state index in [1.807, 2.05) is 54.3 Å². The normalized spacial score (nSPS) is 14.0. The van der Waals surface area contributed by atoms with Crippen molar-refractivity contribution < 1.29 is 9.32 Å². The van der Waals surface area contributed by atoms with Crippen molar-refractivity contribution in [2.75, 3.05) is 36.4 Å². The molecule has 1 saturated heterocycles. The fourth-order valence-corrected chi connectivity index (χ4v) is 3.83. The molecule has 32 heavy (non-hydrogen) atoms. The maximum absolute atomic E-state index is 12.8. The van der Waals surface area contributed by atoms with E-state index in [1.165, 1.54) is 0 Å². The molecule has 4 heterocycles. The van der Waals surface area contributed by atoms with Crippen molar-refractivity contribution in [2.45, 2.75) is 13.3 Å². The average Bonchev–Trinajstić information content (AvgIpc) is 3.22. The Morgan fingerprint density at radius 3 is 2.69 bits per heavy atom. The Bertz CT molecular complexity index is 1250. The van der Waals surface area contributed by atoms with Crippen LogP contribution >= 0.6 is 0 Å². The molecule has 0 radical (unpaired) electrons. The summed E-state index contributed by atoms with van der Waals surface area (Å²) in [5.74, 6) is 2.30. The third-order valence-electron chi connectivity index (χ3n) is 5.55. The molecule has 1 aromatic carbocycles. The van der Waals surface area contributed by atoms with Gasteiger partial charge in [0, 0.05) is 43.8 Å². The highest BCUT2D eigenvalue weighted by Gasteiger charge is 2.24. The van der Waals surface area contributed by atoms with Gasteiger partial charge in [0.05, 0.1) is 6.42 Å². The molecule has 1 fully saturated rings. The number of carbonyl (C=O) groups excluding carboxylic acids is 1. The number of anilines is 3. The van der Waals surface area contributed by atoms with Crippen LogP contribution in [0.3, 0.4) is 0 Å². The molecule has 1 aliphatic rings. The predicted octanol–water partition coefficient (Wildman–Crippen LogP) is 2.96. The van der Waals surface area contributed by atoms with Gasteiger partial charge in [-0.1, -0.05) is 17.3 Å². The molecule has 0 aliphatic carbocycles. The Hall–Kier alpha value is -4.01. The number of fused-ring (bicyclic) bond motifs is 1. The molecule has 0 spiro atoms. The summed E-state index contributed by atoms with van der Waals surface area (Å²) in [6.07, 6.45) is 3.54. The van der Waals surface area contributed by atoms with Gasteiger partial charge in [-0.05, 0) is 36.8 Å².